The molecule has 6 heteroatoms. The van der Waals surface area contributed by atoms with Crippen LogP contribution >= 0.6 is 0 Å². The molecule has 13 heavy (non-hydrogen) atoms. The minimum absolute atomic E-state index is 0.499. The monoisotopic (exact) mass is 185 g/mol. The summed E-state index contributed by atoms with van der Waals surface area (Å²) in [5, 5.41) is 16.8. The highest BCUT2D eigenvalue weighted by Gasteiger charge is 2.39. The quantitative estimate of drug-likeness (QED) is 0.497. The molecule has 0 spiro atoms. The molecule has 0 aliphatic rings. The van der Waals surface area contributed by atoms with E-state index in [4.69, 9.17) is 16.9 Å². The van der Waals surface area contributed by atoms with Gasteiger partial charge in [-0.2, -0.15) is 10.5 Å². The zero-order valence-electron chi connectivity index (χ0n) is 6.60. The molecule has 0 heterocycles. The average molecular weight is 185 g/mol. The maximum absolute atomic E-state index is 11.9. The third-order valence-electron chi connectivity index (χ3n) is 1.41. The summed E-state index contributed by atoms with van der Waals surface area (Å²) >= 11 is 0. The molecule has 2 nitrogen and oxygen atoms in total. The minimum atomic E-state index is -5.16. The van der Waals surface area contributed by atoms with Crippen molar-refractivity contribution in [3.8, 4) is 24.5 Å². The van der Waals surface area contributed by atoms with Crippen molar-refractivity contribution in [3.05, 3.63) is 0 Å². The lowest BCUT2D eigenvalue weighted by Crippen LogP contribution is -2.27. The zero-order valence-corrected chi connectivity index (χ0v) is 6.60. The summed E-state index contributed by atoms with van der Waals surface area (Å²) in [6.45, 7) is -5.16. The molecule has 0 aromatic rings. The van der Waals surface area contributed by atoms with Crippen LogP contribution in [0.15, 0.2) is 0 Å². The maximum Gasteiger partial charge on any atom is 0.480 e. The Morgan fingerprint density at radius 2 is 1.69 bits per heavy atom. The van der Waals surface area contributed by atoms with Crippen molar-refractivity contribution in [2.45, 2.75) is 12.7 Å². The molecule has 0 aliphatic heterocycles. The van der Waals surface area contributed by atoms with Crippen molar-refractivity contribution in [1.29, 1.82) is 10.5 Å². The number of halogens is 3. The second-order valence-corrected chi connectivity index (χ2v) is 2.60. The molecule has 0 saturated heterocycles. The summed E-state index contributed by atoms with van der Waals surface area (Å²) in [6, 6.07) is 2.63. The number of nitriles is 2. The highest BCUT2D eigenvalue weighted by molar-refractivity contribution is 6.58. The van der Waals surface area contributed by atoms with E-state index in [1.54, 1.807) is 0 Å². The number of hydrogen-bond donors (Lipinski definition) is 0. The number of rotatable bonds is 3. The van der Waals surface area contributed by atoms with E-state index in [2.05, 4.69) is 0 Å². The Kier molecular flexibility index (Phi) is 3.39. The lowest BCUT2D eigenvalue weighted by atomic mass is 9.68. The highest BCUT2D eigenvalue weighted by atomic mass is 19.4. The summed E-state index contributed by atoms with van der Waals surface area (Å²) in [6.07, 6.45) is 2.85. The summed E-state index contributed by atoms with van der Waals surface area (Å²) in [4.78, 5) is 0. The maximum atomic E-state index is 11.9. The molecule has 0 radical (unpaired) electrons. The van der Waals surface area contributed by atoms with Crippen molar-refractivity contribution < 1.29 is 12.9 Å². The van der Waals surface area contributed by atoms with Gasteiger partial charge in [-0.25, -0.2) is 0 Å². The Morgan fingerprint density at radius 3 is 1.92 bits per heavy atom. The molecule has 0 bridgehead atoms. The minimum Gasteiger partial charge on any atom is -0.449 e. The van der Waals surface area contributed by atoms with Crippen molar-refractivity contribution in [2.75, 3.05) is 0 Å². The first-order valence-electron chi connectivity index (χ1n) is 3.36. The Balaban J connectivity index is 4.77. The van der Waals surface area contributed by atoms with E-state index in [0.29, 0.717) is 0 Å². The fraction of sp³-hybridized carbons (Fsp3) is 0.429. The summed E-state index contributed by atoms with van der Waals surface area (Å²) in [5.41, 5.74) is -2.10. The Hall–Kier alpha value is -1.61. The zero-order chi connectivity index (χ0) is 10.5. The van der Waals surface area contributed by atoms with Crippen molar-refractivity contribution in [1.82, 2.24) is 0 Å². The standard InChI is InChI=1S/C7H5BF3N2/c1-2-3-7(5-12,6-13)4-8(9,10)11/h1H,3-4H2/q-1. The first-order valence-corrected chi connectivity index (χ1v) is 3.36. The van der Waals surface area contributed by atoms with Gasteiger partial charge >= 0.3 is 6.98 Å². The topological polar surface area (TPSA) is 47.6 Å². The van der Waals surface area contributed by atoms with E-state index >= 15 is 0 Å². The molecular formula is C7H5BF3N2-. The number of hydrogen-bond acceptors (Lipinski definition) is 2. The fourth-order valence-electron chi connectivity index (χ4n) is 0.837. The molecule has 0 aromatic carbocycles. The second kappa shape index (κ2) is 3.87. The van der Waals surface area contributed by atoms with Gasteiger partial charge in [-0.05, 0) is 0 Å². The lowest BCUT2D eigenvalue weighted by molar-refractivity contribution is 0.426. The number of terminal acetylenes is 1. The van der Waals surface area contributed by atoms with Crippen LogP contribution < -0.4 is 0 Å². The summed E-state index contributed by atoms with van der Waals surface area (Å²) < 4.78 is 35.8. The third-order valence-corrected chi connectivity index (χ3v) is 1.41. The van der Waals surface area contributed by atoms with Gasteiger partial charge in [0.15, 0.2) is 0 Å². The van der Waals surface area contributed by atoms with E-state index in [-0.39, 0.29) is 0 Å². The van der Waals surface area contributed by atoms with Crippen LogP contribution in [0.2, 0.25) is 6.32 Å². The highest BCUT2D eigenvalue weighted by Crippen LogP contribution is 2.33. The average Bonchev–Trinajstić information content (AvgIpc) is 2.01. The third kappa shape index (κ3) is 3.54. The number of nitrogens with zero attached hydrogens (tertiary/aromatic N) is 2. The van der Waals surface area contributed by atoms with Crippen LogP contribution in [0, 0.1) is 40.4 Å². The smallest absolute Gasteiger partial charge is 0.449 e. The molecule has 0 aromatic heterocycles. The van der Waals surface area contributed by atoms with Gasteiger partial charge in [-0.15, -0.1) is 12.3 Å². The Bertz CT molecular complexity index is 288. The van der Waals surface area contributed by atoms with E-state index in [1.165, 1.54) is 12.1 Å². The van der Waals surface area contributed by atoms with Crippen molar-refractivity contribution in [2.24, 2.45) is 5.41 Å². The van der Waals surface area contributed by atoms with Crippen LogP contribution in [0.1, 0.15) is 6.42 Å². The molecule has 68 valence electrons. The van der Waals surface area contributed by atoms with Crippen LogP contribution in [0.3, 0.4) is 0 Å². The largest absolute Gasteiger partial charge is 0.480 e. The van der Waals surface area contributed by atoms with Gasteiger partial charge < -0.3 is 12.9 Å². The normalized spacial score (nSPS) is 11.1. The molecular weight excluding hydrogens is 180 g/mol. The summed E-state index contributed by atoms with van der Waals surface area (Å²) in [5.74, 6) is 1.90. The first-order chi connectivity index (χ1) is 5.89. The van der Waals surface area contributed by atoms with Crippen LogP contribution in [0.25, 0.3) is 0 Å². The van der Waals surface area contributed by atoms with Crippen molar-refractivity contribution >= 4 is 6.98 Å². The van der Waals surface area contributed by atoms with Gasteiger partial charge in [0.05, 0.1) is 12.1 Å². The Morgan fingerprint density at radius 1 is 1.23 bits per heavy atom. The molecule has 0 saturated carbocycles. The predicted octanol–water partition coefficient (Wildman–Crippen LogP) is 1.89. The van der Waals surface area contributed by atoms with E-state index in [1.807, 2.05) is 5.92 Å². The van der Waals surface area contributed by atoms with Gasteiger partial charge in [0.2, 0.25) is 0 Å². The van der Waals surface area contributed by atoms with Gasteiger partial charge in [-0.1, -0.05) is 6.32 Å². The van der Waals surface area contributed by atoms with Crippen LogP contribution in [-0.4, -0.2) is 6.98 Å². The van der Waals surface area contributed by atoms with Gasteiger partial charge in [0, 0.05) is 6.42 Å². The van der Waals surface area contributed by atoms with Gasteiger partial charge in [-0.3, -0.25) is 0 Å². The molecule has 0 fully saturated rings. The molecule has 0 atom stereocenters. The summed E-state index contributed by atoms with van der Waals surface area (Å²) in [7, 11) is 0. The fourth-order valence-corrected chi connectivity index (χ4v) is 0.837. The predicted molar refractivity (Wildman–Crippen MR) is 41.0 cm³/mol. The van der Waals surface area contributed by atoms with E-state index in [0.717, 1.165) is 0 Å². The van der Waals surface area contributed by atoms with Gasteiger partial charge in [0.1, 0.15) is 5.41 Å². The molecule has 0 amide bonds. The van der Waals surface area contributed by atoms with Crippen LogP contribution in [0.5, 0.6) is 0 Å². The second-order valence-electron chi connectivity index (χ2n) is 2.60. The van der Waals surface area contributed by atoms with Crippen LogP contribution in [0.4, 0.5) is 12.9 Å². The van der Waals surface area contributed by atoms with Crippen molar-refractivity contribution in [3.63, 3.8) is 0 Å². The van der Waals surface area contributed by atoms with E-state index in [9.17, 15) is 12.9 Å². The lowest BCUT2D eigenvalue weighted by Gasteiger charge is -2.22. The molecule has 0 N–H and O–H groups in total. The molecule has 0 rings (SSSR count). The molecule has 0 unspecified atom stereocenters. The van der Waals surface area contributed by atoms with Gasteiger partial charge in [0.25, 0.3) is 0 Å². The molecule has 0 aliphatic carbocycles. The SMILES string of the molecule is C#CCC(C#N)(C#N)C[B-](F)(F)F. The first kappa shape index (κ1) is 11.4. The Labute approximate surface area is 74.0 Å². The van der Waals surface area contributed by atoms with E-state index < -0.39 is 25.1 Å². The van der Waals surface area contributed by atoms with Crippen LogP contribution in [-0.2, 0) is 0 Å².